The van der Waals surface area contributed by atoms with Crippen LogP contribution in [0.25, 0.3) is 0 Å². The second kappa shape index (κ2) is 12.6. The van der Waals surface area contributed by atoms with Gasteiger partial charge in [0, 0.05) is 23.6 Å². The van der Waals surface area contributed by atoms with Crippen molar-refractivity contribution in [2.24, 2.45) is 5.92 Å². The molecule has 0 heterocycles. The van der Waals surface area contributed by atoms with Gasteiger partial charge in [-0.05, 0) is 56.7 Å². The summed E-state index contributed by atoms with van der Waals surface area (Å²) in [6.07, 6.45) is 8.04. The highest BCUT2D eigenvalue weighted by Gasteiger charge is 2.47. The molecule has 2 N–H and O–H groups in total. The fraction of sp³-hybridized carbons (Fsp3) is 0.419. The molecule has 3 rings (SSSR count). The molecule has 0 saturated heterocycles. The molecular formula is C31H40N2O4. The smallest absolute Gasteiger partial charge is 0.411 e. The van der Waals surface area contributed by atoms with Gasteiger partial charge in [-0.15, -0.1) is 0 Å². The van der Waals surface area contributed by atoms with Gasteiger partial charge in [-0.1, -0.05) is 86.2 Å². The van der Waals surface area contributed by atoms with Gasteiger partial charge in [-0.3, -0.25) is 5.32 Å². The van der Waals surface area contributed by atoms with Crippen molar-refractivity contribution in [1.29, 1.82) is 0 Å². The van der Waals surface area contributed by atoms with E-state index in [1.165, 1.54) is 12.7 Å². The molecule has 0 saturated carbocycles. The molecule has 0 fully saturated rings. The Hall–Kier alpha value is -3.54. The van der Waals surface area contributed by atoms with Gasteiger partial charge in [0.25, 0.3) is 0 Å². The minimum Gasteiger partial charge on any atom is -0.453 e. The molecule has 1 aliphatic rings. The lowest BCUT2D eigenvalue weighted by atomic mass is 9.56. The molecule has 6 nitrogen and oxygen atoms in total. The number of carbonyl (C=O) groups excluding carboxylic acids is 2. The summed E-state index contributed by atoms with van der Waals surface area (Å²) in [4.78, 5) is 24.5. The van der Waals surface area contributed by atoms with Crippen molar-refractivity contribution in [3.63, 3.8) is 0 Å². The minimum atomic E-state index is -0.605. The van der Waals surface area contributed by atoms with E-state index in [9.17, 15) is 9.59 Å². The third-order valence-corrected chi connectivity index (χ3v) is 6.84. The molecule has 6 heteroatoms. The van der Waals surface area contributed by atoms with E-state index in [1.807, 2.05) is 51.1 Å². The third-order valence-electron chi connectivity index (χ3n) is 6.84. The predicted molar refractivity (Wildman–Crippen MR) is 147 cm³/mol. The van der Waals surface area contributed by atoms with Crippen LogP contribution in [0, 0.1) is 5.92 Å². The molecule has 2 unspecified atom stereocenters. The molecule has 0 aromatic heterocycles. The Balaban J connectivity index is 2.07. The number of allylic oxidation sites excluding steroid dienone is 4. The summed E-state index contributed by atoms with van der Waals surface area (Å²) < 4.78 is 10.4. The van der Waals surface area contributed by atoms with Crippen molar-refractivity contribution in [3.8, 4) is 0 Å². The normalized spacial score (nSPS) is 19.9. The summed E-state index contributed by atoms with van der Waals surface area (Å²) in [5.41, 5.74) is 2.07. The van der Waals surface area contributed by atoms with Crippen LogP contribution >= 0.6 is 0 Å². The lowest BCUT2D eigenvalue weighted by Crippen LogP contribution is -2.45. The van der Waals surface area contributed by atoms with Gasteiger partial charge in [-0.25, -0.2) is 9.59 Å². The van der Waals surface area contributed by atoms with Crippen molar-refractivity contribution in [2.45, 2.75) is 63.9 Å². The molecule has 37 heavy (non-hydrogen) atoms. The van der Waals surface area contributed by atoms with Gasteiger partial charge >= 0.3 is 12.2 Å². The highest BCUT2D eigenvalue weighted by atomic mass is 16.6. The third kappa shape index (κ3) is 7.03. The Morgan fingerprint density at radius 2 is 1.65 bits per heavy atom. The number of ether oxygens (including phenoxy) is 2. The summed E-state index contributed by atoms with van der Waals surface area (Å²) in [6.45, 7) is 8.32. The lowest BCUT2D eigenvalue weighted by Gasteiger charge is -2.48. The van der Waals surface area contributed by atoms with Crippen LogP contribution in [0.4, 0.5) is 9.59 Å². The molecule has 0 aliphatic heterocycles. The van der Waals surface area contributed by atoms with E-state index >= 15 is 0 Å². The van der Waals surface area contributed by atoms with E-state index < -0.39 is 23.2 Å². The van der Waals surface area contributed by atoms with Crippen molar-refractivity contribution in [3.05, 3.63) is 95.7 Å². The van der Waals surface area contributed by atoms with Crippen molar-refractivity contribution in [2.75, 3.05) is 13.7 Å². The van der Waals surface area contributed by atoms with E-state index in [0.717, 1.165) is 30.5 Å². The molecule has 2 aromatic carbocycles. The van der Waals surface area contributed by atoms with Crippen molar-refractivity contribution in [1.82, 2.24) is 10.6 Å². The molecule has 198 valence electrons. The van der Waals surface area contributed by atoms with E-state index in [2.05, 4.69) is 66.1 Å². The zero-order valence-corrected chi connectivity index (χ0v) is 22.6. The molecule has 0 spiro atoms. The Bertz CT molecular complexity index is 1090. The molecule has 1 aliphatic carbocycles. The standard InChI is InChI=1S/C31H40N2O4/c1-6-24(19-14-22-32-28(34)36-5)31(25-17-11-8-12-18-25)21-13-20-26(33-29(35)37-30(2,3)4)27(31)23-15-9-7-10-16-23/h7-13,15-18,20-21,24,27H,6,14,19,22H2,1-5H3,(H,32,34)(H,33,35)/t24-,27?,31?/m0/s1. The predicted octanol–water partition coefficient (Wildman–Crippen LogP) is 6.85. The monoisotopic (exact) mass is 504 g/mol. The maximum absolute atomic E-state index is 12.9. The Labute approximate surface area is 221 Å². The maximum atomic E-state index is 12.9. The number of amides is 2. The SMILES string of the molecule is CC[C@@H](CCCNC(=O)OC)C1(c2ccccc2)C=CC=C(NC(=O)OC(C)(C)C)C1c1ccccc1. The maximum Gasteiger partial charge on any atom is 0.411 e. The van der Waals surface area contributed by atoms with Crippen LogP contribution in [0.3, 0.4) is 0 Å². The number of hydrogen-bond donors (Lipinski definition) is 2. The van der Waals surface area contributed by atoms with E-state index in [1.54, 1.807) is 0 Å². The summed E-state index contributed by atoms with van der Waals surface area (Å²) in [6, 6.07) is 20.8. The first kappa shape index (κ1) is 28.0. The summed E-state index contributed by atoms with van der Waals surface area (Å²) >= 11 is 0. The Morgan fingerprint density at radius 3 is 2.24 bits per heavy atom. The van der Waals surface area contributed by atoms with E-state index in [-0.39, 0.29) is 11.8 Å². The van der Waals surface area contributed by atoms with Crippen LogP contribution < -0.4 is 10.6 Å². The van der Waals surface area contributed by atoms with Gasteiger partial charge in [-0.2, -0.15) is 0 Å². The first-order chi connectivity index (χ1) is 17.7. The van der Waals surface area contributed by atoms with Gasteiger partial charge in [0.05, 0.1) is 7.11 Å². The molecular weight excluding hydrogens is 464 g/mol. The Kier molecular flexibility index (Phi) is 9.56. The number of benzene rings is 2. The summed E-state index contributed by atoms with van der Waals surface area (Å²) in [5, 5.41) is 5.89. The molecule has 2 aromatic rings. The minimum absolute atomic E-state index is 0.146. The van der Waals surface area contributed by atoms with Gasteiger partial charge in [0.2, 0.25) is 0 Å². The van der Waals surface area contributed by atoms with E-state index in [0.29, 0.717) is 6.54 Å². The first-order valence-electron chi connectivity index (χ1n) is 13.0. The van der Waals surface area contributed by atoms with Crippen LogP contribution in [0.1, 0.15) is 64.0 Å². The number of rotatable bonds is 9. The van der Waals surface area contributed by atoms with Gasteiger partial charge in [0.15, 0.2) is 0 Å². The second-order valence-corrected chi connectivity index (χ2v) is 10.4. The van der Waals surface area contributed by atoms with Gasteiger partial charge < -0.3 is 14.8 Å². The van der Waals surface area contributed by atoms with Crippen LogP contribution in [0.2, 0.25) is 0 Å². The van der Waals surface area contributed by atoms with Crippen molar-refractivity contribution >= 4 is 12.2 Å². The van der Waals surface area contributed by atoms with E-state index in [4.69, 9.17) is 9.47 Å². The molecule has 0 bridgehead atoms. The number of hydrogen-bond acceptors (Lipinski definition) is 4. The zero-order valence-electron chi connectivity index (χ0n) is 22.6. The van der Waals surface area contributed by atoms with Gasteiger partial charge in [0.1, 0.15) is 5.60 Å². The fourth-order valence-corrected chi connectivity index (χ4v) is 5.39. The molecule has 2 amide bonds. The number of methoxy groups -OCH3 is 1. The van der Waals surface area contributed by atoms with Crippen LogP contribution in [-0.4, -0.2) is 31.4 Å². The average molecular weight is 505 g/mol. The highest BCUT2D eigenvalue weighted by Crippen LogP contribution is 2.53. The topological polar surface area (TPSA) is 76.7 Å². The van der Waals surface area contributed by atoms with Crippen molar-refractivity contribution < 1.29 is 19.1 Å². The largest absolute Gasteiger partial charge is 0.453 e. The zero-order chi connectivity index (χ0) is 26.9. The molecule has 0 radical (unpaired) electrons. The summed E-state index contributed by atoms with van der Waals surface area (Å²) in [7, 11) is 1.37. The van der Waals surface area contributed by atoms with Crippen LogP contribution in [-0.2, 0) is 14.9 Å². The average Bonchev–Trinajstić information content (AvgIpc) is 2.88. The fourth-order valence-electron chi connectivity index (χ4n) is 5.39. The number of carbonyl (C=O) groups is 2. The molecule has 3 atom stereocenters. The lowest BCUT2D eigenvalue weighted by molar-refractivity contribution is 0.0538. The number of alkyl carbamates (subject to hydrolysis) is 2. The first-order valence-corrected chi connectivity index (χ1v) is 13.0. The Morgan fingerprint density at radius 1 is 1.00 bits per heavy atom. The van der Waals surface area contributed by atoms with Crippen LogP contribution in [0.5, 0.6) is 0 Å². The second-order valence-electron chi connectivity index (χ2n) is 10.4. The quantitative estimate of drug-likeness (QED) is 0.366. The number of nitrogens with one attached hydrogen (secondary N) is 2. The highest BCUT2D eigenvalue weighted by molar-refractivity contribution is 5.71. The summed E-state index contributed by atoms with van der Waals surface area (Å²) in [5.74, 6) is 0.0760. The van der Waals surface area contributed by atoms with Crippen LogP contribution in [0.15, 0.2) is 84.6 Å².